The Labute approximate surface area is 124 Å². The number of benzene rings is 2. The average Bonchev–Trinajstić information content (AvgIpc) is 2.47. The first kappa shape index (κ1) is 14.5. The van der Waals surface area contributed by atoms with Crippen molar-refractivity contribution in [2.24, 2.45) is 0 Å². The summed E-state index contributed by atoms with van der Waals surface area (Å²) in [4.78, 5) is 0. The summed E-state index contributed by atoms with van der Waals surface area (Å²) in [6, 6.07) is 13.7. The molecule has 2 aromatic rings. The molecule has 0 aromatic heterocycles. The van der Waals surface area contributed by atoms with Gasteiger partial charge in [0.1, 0.15) is 11.5 Å². The first-order chi connectivity index (χ1) is 9.72. The molecule has 20 heavy (non-hydrogen) atoms. The molecule has 3 nitrogen and oxygen atoms in total. The van der Waals surface area contributed by atoms with Crippen molar-refractivity contribution in [3.8, 4) is 11.5 Å². The van der Waals surface area contributed by atoms with Crippen molar-refractivity contribution in [2.75, 3.05) is 19.0 Å². The maximum absolute atomic E-state index is 6.00. The van der Waals surface area contributed by atoms with Gasteiger partial charge in [0.05, 0.1) is 18.7 Å². The molecular weight excluding hydrogens is 274 g/mol. The van der Waals surface area contributed by atoms with Gasteiger partial charge in [0, 0.05) is 18.3 Å². The largest absolute Gasteiger partial charge is 0.495 e. The Hall–Kier alpha value is -1.87. The van der Waals surface area contributed by atoms with Crippen LogP contribution in [0.5, 0.6) is 11.5 Å². The summed E-state index contributed by atoms with van der Waals surface area (Å²) < 4.78 is 10.7. The third kappa shape index (κ3) is 3.81. The molecule has 2 aromatic carbocycles. The smallest absolute Gasteiger partial charge is 0.139 e. The topological polar surface area (TPSA) is 30.5 Å². The summed E-state index contributed by atoms with van der Waals surface area (Å²) >= 11 is 6.00. The minimum atomic E-state index is 0.608. The SMILES string of the molecule is CCOc1cccc(CNc2ccc(Cl)c(OC)c2)c1. The fourth-order valence-corrected chi connectivity index (χ4v) is 2.08. The number of anilines is 1. The first-order valence-electron chi connectivity index (χ1n) is 6.52. The Morgan fingerprint density at radius 1 is 1.15 bits per heavy atom. The maximum atomic E-state index is 6.00. The Morgan fingerprint density at radius 2 is 2.00 bits per heavy atom. The van der Waals surface area contributed by atoms with Crippen LogP contribution in [0.1, 0.15) is 12.5 Å². The van der Waals surface area contributed by atoms with Crippen LogP contribution in [-0.4, -0.2) is 13.7 Å². The van der Waals surface area contributed by atoms with Gasteiger partial charge in [0.25, 0.3) is 0 Å². The zero-order chi connectivity index (χ0) is 14.4. The highest BCUT2D eigenvalue weighted by Gasteiger charge is 2.02. The highest BCUT2D eigenvalue weighted by atomic mass is 35.5. The molecule has 0 aliphatic rings. The number of ether oxygens (including phenoxy) is 2. The van der Waals surface area contributed by atoms with Gasteiger partial charge in [-0.1, -0.05) is 23.7 Å². The van der Waals surface area contributed by atoms with Gasteiger partial charge in [-0.2, -0.15) is 0 Å². The van der Waals surface area contributed by atoms with Crippen LogP contribution in [0.4, 0.5) is 5.69 Å². The molecule has 0 atom stereocenters. The molecule has 0 unspecified atom stereocenters. The summed E-state index contributed by atoms with van der Waals surface area (Å²) in [5.74, 6) is 1.56. The third-order valence-corrected chi connectivity index (χ3v) is 3.17. The van der Waals surface area contributed by atoms with Crippen LogP contribution in [0.2, 0.25) is 5.02 Å². The lowest BCUT2D eigenvalue weighted by molar-refractivity contribution is 0.340. The fourth-order valence-electron chi connectivity index (χ4n) is 1.89. The van der Waals surface area contributed by atoms with Gasteiger partial charge in [-0.05, 0) is 36.8 Å². The van der Waals surface area contributed by atoms with Gasteiger partial charge in [-0.3, -0.25) is 0 Å². The fraction of sp³-hybridized carbons (Fsp3) is 0.250. The van der Waals surface area contributed by atoms with Crippen molar-refractivity contribution >= 4 is 17.3 Å². The average molecular weight is 292 g/mol. The molecule has 2 rings (SSSR count). The van der Waals surface area contributed by atoms with Gasteiger partial charge in [-0.15, -0.1) is 0 Å². The Balaban J connectivity index is 2.03. The van der Waals surface area contributed by atoms with E-state index in [0.717, 1.165) is 17.0 Å². The lowest BCUT2D eigenvalue weighted by Crippen LogP contribution is -2.00. The van der Waals surface area contributed by atoms with E-state index in [-0.39, 0.29) is 0 Å². The molecule has 106 valence electrons. The molecule has 0 fully saturated rings. The molecule has 0 aliphatic carbocycles. The van der Waals surface area contributed by atoms with Crippen molar-refractivity contribution in [1.29, 1.82) is 0 Å². The summed E-state index contributed by atoms with van der Waals surface area (Å²) in [6.45, 7) is 3.36. The zero-order valence-electron chi connectivity index (χ0n) is 11.7. The standard InChI is InChI=1S/C16H18ClNO2/c1-3-20-14-6-4-5-12(9-14)11-18-13-7-8-15(17)16(10-13)19-2/h4-10,18H,3,11H2,1-2H3. The van der Waals surface area contributed by atoms with E-state index >= 15 is 0 Å². The second-order valence-corrected chi connectivity index (χ2v) is 4.69. The van der Waals surface area contributed by atoms with Crippen LogP contribution in [0.3, 0.4) is 0 Å². The van der Waals surface area contributed by atoms with E-state index in [4.69, 9.17) is 21.1 Å². The van der Waals surface area contributed by atoms with Crippen molar-refractivity contribution in [3.63, 3.8) is 0 Å². The van der Waals surface area contributed by atoms with Crippen molar-refractivity contribution in [3.05, 3.63) is 53.1 Å². The normalized spacial score (nSPS) is 10.2. The number of rotatable bonds is 6. The molecular formula is C16H18ClNO2. The molecule has 0 saturated carbocycles. The summed E-state index contributed by atoms with van der Waals surface area (Å²) in [7, 11) is 1.61. The Bertz CT molecular complexity index is 572. The monoisotopic (exact) mass is 291 g/mol. The number of nitrogens with one attached hydrogen (secondary N) is 1. The maximum Gasteiger partial charge on any atom is 0.139 e. The van der Waals surface area contributed by atoms with Crippen LogP contribution in [0.15, 0.2) is 42.5 Å². The minimum Gasteiger partial charge on any atom is -0.495 e. The van der Waals surface area contributed by atoms with Gasteiger partial charge in [-0.25, -0.2) is 0 Å². The van der Waals surface area contributed by atoms with Crippen LogP contribution in [0, 0.1) is 0 Å². The van der Waals surface area contributed by atoms with E-state index in [1.54, 1.807) is 7.11 Å². The van der Waals surface area contributed by atoms with Gasteiger partial charge < -0.3 is 14.8 Å². The highest BCUT2D eigenvalue weighted by molar-refractivity contribution is 6.32. The second kappa shape index (κ2) is 7.06. The molecule has 4 heteroatoms. The molecule has 0 heterocycles. The predicted molar refractivity (Wildman–Crippen MR) is 82.9 cm³/mol. The quantitative estimate of drug-likeness (QED) is 0.858. The number of halogens is 1. The molecule has 0 radical (unpaired) electrons. The van der Waals surface area contributed by atoms with Crippen molar-refractivity contribution in [2.45, 2.75) is 13.5 Å². The number of hydrogen-bond donors (Lipinski definition) is 1. The minimum absolute atomic E-state index is 0.608. The van der Waals surface area contributed by atoms with Crippen LogP contribution in [-0.2, 0) is 6.54 Å². The van der Waals surface area contributed by atoms with Crippen molar-refractivity contribution in [1.82, 2.24) is 0 Å². The van der Waals surface area contributed by atoms with Crippen LogP contribution < -0.4 is 14.8 Å². The second-order valence-electron chi connectivity index (χ2n) is 4.28. The predicted octanol–water partition coefficient (Wildman–Crippen LogP) is 4.36. The molecule has 0 spiro atoms. The molecule has 0 bridgehead atoms. The van der Waals surface area contributed by atoms with Crippen molar-refractivity contribution < 1.29 is 9.47 Å². The Kier molecular flexibility index (Phi) is 5.13. The number of hydrogen-bond acceptors (Lipinski definition) is 3. The van der Waals surface area contributed by atoms with E-state index in [2.05, 4.69) is 11.4 Å². The number of methoxy groups -OCH3 is 1. The van der Waals surface area contributed by atoms with Gasteiger partial charge in [0.15, 0.2) is 0 Å². The molecule has 1 N–H and O–H groups in total. The van der Waals surface area contributed by atoms with Crippen LogP contribution >= 0.6 is 11.6 Å². The molecule has 0 aliphatic heterocycles. The Morgan fingerprint density at radius 3 is 2.75 bits per heavy atom. The van der Waals surface area contributed by atoms with E-state index in [1.807, 2.05) is 43.3 Å². The zero-order valence-corrected chi connectivity index (χ0v) is 12.4. The highest BCUT2D eigenvalue weighted by Crippen LogP contribution is 2.27. The summed E-state index contributed by atoms with van der Waals surface area (Å²) in [5.41, 5.74) is 2.12. The van der Waals surface area contributed by atoms with E-state index < -0.39 is 0 Å². The summed E-state index contributed by atoms with van der Waals surface area (Å²) in [6.07, 6.45) is 0. The van der Waals surface area contributed by atoms with E-state index in [0.29, 0.717) is 23.9 Å². The van der Waals surface area contributed by atoms with Crippen LogP contribution in [0.25, 0.3) is 0 Å². The third-order valence-electron chi connectivity index (χ3n) is 2.86. The first-order valence-corrected chi connectivity index (χ1v) is 6.90. The summed E-state index contributed by atoms with van der Waals surface area (Å²) in [5, 5.41) is 3.95. The lowest BCUT2D eigenvalue weighted by atomic mass is 10.2. The van der Waals surface area contributed by atoms with E-state index in [1.165, 1.54) is 0 Å². The molecule has 0 saturated heterocycles. The van der Waals surface area contributed by atoms with Gasteiger partial charge in [0.2, 0.25) is 0 Å². The molecule has 0 amide bonds. The van der Waals surface area contributed by atoms with E-state index in [9.17, 15) is 0 Å². The van der Waals surface area contributed by atoms with Gasteiger partial charge >= 0.3 is 0 Å². The lowest BCUT2D eigenvalue weighted by Gasteiger charge is -2.10.